The molecule has 3 rings (SSSR count). The molecule has 5 nitrogen and oxygen atoms in total. The minimum Gasteiger partial charge on any atom is -0.368 e. The summed E-state index contributed by atoms with van der Waals surface area (Å²) in [6.07, 6.45) is 0. The fourth-order valence-corrected chi connectivity index (χ4v) is 3.14. The van der Waals surface area contributed by atoms with E-state index in [9.17, 15) is 4.79 Å². The maximum atomic E-state index is 11.9. The number of nitrogens with one attached hydrogen (secondary N) is 2. The standard InChI is InChI=1S/C14H19ClN4O/c1-16-13-9-7-10(15)12(8-11(9)17-14(13)20)19-5-3-18(2)4-6-19/h7-8,13,16H,3-6H2,1-2H3,(H,17,20). The number of amides is 1. The third kappa shape index (κ3) is 2.26. The molecular formula is C14H19ClN4O. The third-order valence-corrected chi connectivity index (χ3v) is 4.39. The quantitative estimate of drug-likeness (QED) is 0.863. The molecule has 0 spiro atoms. The number of carbonyl (C=O) groups is 1. The summed E-state index contributed by atoms with van der Waals surface area (Å²) in [4.78, 5) is 16.4. The van der Waals surface area contributed by atoms with Crippen molar-refractivity contribution in [2.75, 3.05) is 50.5 Å². The van der Waals surface area contributed by atoms with Gasteiger partial charge in [0.2, 0.25) is 5.91 Å². The summed E-state index contributed by atoms with van der Waals surface area (Å²) in [7, 11) is 3.90. The number of hydrogen-bond acceptors (Lipinski definition) is 4. The molecule has 108 valence electrons. The minimum absolute atomic E-state index is 0.0194. The molecule has 6 heteroatoms. The molecule has 0 saturated carbocycles. The molecule has 2 aliphatic rings. The maximum absolute atomic E-state index is 11.9. The summed E-state index contributed by atoms with van der Waals surface area (Å²) in [6, 6.07) is 3.60. The predicted octanol–water partition coefficient (Wildman–Crippen LogP) is 1.30. The SMILES string of the molecule is CNC1C(=O)Nc2cc(N3CCN(C)CC3)c(Cl)cc21. The summed E-state index contributed by atoms with van der Waals surface area (Å²) < 4.78 is 0. The van der Waals surface area contributed by atoms with Crippen molar-refractivity contribution in [3.63, 3.8) is 0 Å². The lowest BCUT2D eigenvalue weighted by molar-refractivity contribution is -0.117. The van der Waals surface area contributed by atoms with Crippen molar-refractivity contribution >= 4 is 28.9 Å². The monoisotopic (exact) mass is 294 g/mol. The van der Waals surface area contributed by atoms with E-state index in [2.05, 4.69) is 27.5 Å². The van der Waals surface area contributed by atoms with Gasteiger partial charge in [-0.3, -0.25) is 4.79 Å². The van der Waals surface area contributed by atoms with Crippen molar-refractivity contribution in [2.24, 2.45) is 0 Å². The normalized spacial score (nSPS) is 22.9. The van der Waals surface area contributed by atoms with Crippen LogP contribution < -0.4 is 15.5 Å². The first-order valence-electron chi connectivity index (χ1n) is 6.85. The Labute approximate surface area is 123 Å². The molecule has 1 unspecified atom stereocenters. The van der Waals surface area contributed by atoms with Crippen LogP contribution in [0.15, 0.2) is 12.1 Å². The molecule has 2 N–H and O–H groups in total. The molecule has 0 bridgehead atoms. The average Bonchev–Trinajstić information content (AvgIpc) is 2.73. The van der Waals surface area contributed by atoms with Crippen LogP contribution in [0.3, 0.4) is 0 Å². The summed E-state index contributed by atoms with van der Waals surface area (Å²) in [5.41, 5.74) is 2.81. The van der Waals surface area contributed by atoms with Gasteiger partial charge in [0.05, 0.1) is 10.7 Å². The van der Waals surface area contributed by atoms with E-state index < -0.39 is 0 Å². The van der Waals surface area contributed by atoms with Gasteiger partial charge in [-0.2, -0.15) is 0 Å². The second-order valence-electron chi connectivity index (χ2n) is 5.39. The van der Waals surface area contributed by atoms with Gasteiger partial charge in [-0.15, -0.1) is 0 Å². The maximum Gasteiger partial charge on any atom is 0.246 e. The van der Waals surface area contributed by atoms with E-state index in [0.29, 0.717) is 5.02 Å². The Morgan fingerprint density at radius 1 is 1.30 bits per heavy atom. The molecule has 1 aromatic carbocycles. The van der Waals surface area contributed by atoms with Crippen molar-refractivity contribution in [3.05, 3.63) is 22.7 Å². The molecule has 2 aliphatic heterocycles. The molecule has 0 aromatic heterocycles. The number of benzene rings is 1. The Kier molecular flexibility index (Phi) is 3.58. The van der Waals surface area contributed by atoms with E-state index in [0.717, 1.165) is 43.1 Å². The Morgan fingerprint density at radius 2 is 2.00 bits per heavy atom. The predicted molar refractivity (Wildman–Crippen MR) is 81.6 cm³/mol. The van der Waals surface area contributed by atoms with Gasteiger partial charge in [-0.05, 0) is 26.2 Å². The van der Waals surface area contributed by atoms with E-state index in [1.807, 2.05) is 12.1 Å². The highest BCUT2D eigenvalue weighted by atomic mass is 35.5. The second kappa shape index (κ2) is 5.24. The zero-order valence-electron chi connectivity index (χ0n) is 11.7. The molecule has 1 saturated heterocycles. The van der Waals surface area contributed by atoms with E-state index in [4.69, 9.17) is 11.6 Å². The molecule has 20 heavy (non-hydrogen) atoms. The van der Waals surface area contributed by atoms with Crippen molar-refractivity contribution in [1.82, 2.24) is 10.2 Å². The average molecular weight is 295 g/mol. The highest BCUT2D eigenvalue weighted by molar-refractivity contribution is 6.33. The van der Waals surface area contributed by atoms with Gasteiger partial charge in [0, 0.05) is 37.4 Å². The van der Waals surface area contributed by atoms with Crippen LogP contribution in [0.4, 0.5) is 11.4 Å². The number of halogens is 1. The summed E-state index contributed by atoms with van der Waals surface area (Å²) in [5.74, 6) is -0.0194. The van der Waals surface area contributed by atoms with Crippen molar-refractivity contribution in [3.8, 4) is 0 Å². The number of fused-ring (bicyclic) bond motifs is 1. The molecule has 1 amide bonds. The lowest BCUT2D eigenvalue weighted by atomic mass is 10.1. The van der Waals surface area contributed by atoms with Crippen LogP contribution in [0.5, 0.6) is 0 Å². The molecule has 1 aromatic rings. The summed E-state index contributed by atoms with van der Waals surface area (Å²) in [6.45, 7) is 3.97. The third-order valence-electron chi connectivity index (χ3n) is 4.08. The van der Waals surface area contributed by atoms with Gasteiger partial charge >= 0.3 is 0 Å². The number of hydrogen-bond donors (Lipinski definition) is 2. The van der Waals surface area contributed by atoms with Gasteiger partial charge < -0.3 is 20.4 Å². The molecule has 0 radical (unpaired) electrons. The molecule has 2 heterocycles. The van der Waals surface area contributed by atoms with Crippen LogP contribution >= 0.6 is 11.6 Å². The summed E-state index contributed by atoms with van der Waals surface area (Å²) >= 11 is 6.43. The Hall–Kier alpha value is -1.30. The lowest BCUT2D eigenvalue weighted by Gasteiger charge is -2.34. The number of rotatable bonds is 2. The van der Waals surface area contributed by atoms with E-state index in [-0.39, 0.29) is 11.9 Å². The van der Waals surface area contributed by atoms with Gasteiger partial charge in [-0.25, -0.2) is 0 Å². The van der Waals surface area contributed by atoms with Gasteiger partial charge in [-0.1, -0.05) is 11.6 Å². The van der Waals surface area contributed by atoms with Crippen LogP contribution in [0.25, 0.3) is 0 Å². The first-order chi connectivity index (χ1) is 9.60. The van der Waals surface area contributed by atoms with Crippen molar-refractivity contribution < 1.29 is 4.79 Å². The van der Waals surface area contributed by atoms with Crippen molar-refractivity contribution in [1.29, 1.82) is 0 Å². The largest absolute Gasteiger partial charge is 0.368 e. The van der Waals surface area contributed by atoms with Crippen LogP contribution in [0.2, 0.25) is 5.02 Å². The second-order valence-corrected chi connectivity index (χ2v) is 5.80. The Balaban J connectivity index is 1.91. The smallest absolute Gasteiger partial charge is 0.246 e. The van der Waals surface area contributed by atoms with E-state index >= 15 is 0 Å². The van der Waals surface area contributed by atoms with Crippen molar-refractivity contribution in [2.45, 2.75) is 6.04 Å². The first kappa shape index (κ1) is 13.7. The molecule has 0 aliphatic carbocycles. The topological polar surface area (TPSA) is 47.6 Å². The fraction of sp³-hybridized carbons (Fsp3) is 0.500. The Bertz CT molecular complexity index is 540. The van der Waals surface area contributed by atoms with Crippen LogP contribution in [0.1, 0.15) is 11.6 Å². The number of likely N-dealkylation sites (N-methyl/N-ethyl adjacent to an activating group) is 2. The molecule has 1 fully saturated rings. The van der Waals surface area contributed by atoms with Gasteiger partial charge in [0.1, 0.15) is 6.04 Å². The summed E-state index contributed by atoms with van der Waals surface area (Å²) in [5, 5.41) is 6.64. The van der Waals surface area contributed by atoms with Gasteiger partial charge in [0.25, 0.3) is 0 Å². The number of nitrogens with zero attached hydrogens (tertiary/aromatic N) is 2. The van der Waals surface area contributed by atoms with Crippen LogP contribution in [-0.2, 0) is 4.79 Å². The number of anilines is 2. The van der Waals surface area contributed by atoms with Gasteiger partial charge in [0.15, 0.2) is 0 Å². The molecule has 1 atom stereocenters. The highest BCUT2D eigenvalue weighted by Gasteiger charge is 2.31. The zero-order valence-corrected chi connectivity index (χ0v) is 12.5. The fourth-order valence-electron chi connectivity index (χ4n) is 2.85. The van der Waals surface area contributed by atoms with Crippen LogP contribution in [0, 0.1) is 0 Å². The first-order valence-corrected chi connectivity index (χ1v) is 7.23. The number of piperazine rings is 1. The van der Waals surface area contributed by atoms with Crippen LogP contribution in [-0.4, -0.2) is 51.1 Å². The highest BCUT2D eigenvalue weighted by Crippen LogP contribution is 2.39. The lowest BCUT2D eigenvalue weighted by Crippen LogP contribution is -2.44. The van der Waals surface area contributed by atoms with E-state index in [1.165, 1.54) is 0 Å². The minimum atomic E-state index is -0.302. The number of carbonyl (C=O) groups excluding carboxylic acids is 1. The van der Waals surface area contributed by atoms with E-state index in [1.54, 1.807) is 7.05 Å². The molecular weight excluding hydrogens is 276 g/mol. The Morgan fingerprint density at radius 3 is 2.65 bits per heavy atom. The zero-order chi connectivity index (χ0) is 14.3.